The number of carbonyl (C=O) groups excluding carboxylic acids is 1. The molecule has 4 nitrogen and oxygen atoms in total. The molecule has 1 saturated heterocycles. The zero-order valence-electron chi connectivity index (χ0n) is 12.3. The molecule has 5 heteroatoms. The van der Waals surface area contributed by atoms with E-state index in [-0.39, 0.29) is 11.9 Å². The first kappa shape index (κ1) is 14.1. The Morgan fingerprint density at radius 3 is 2.86 bits per heavy atom. The fourth-order valence-electron chi connectivity index (χ4n) is 2.76. The van der Waals surface area contributed by atoms with Crippen LogP contribution in [0, 0.1) is 6.92 Å². The second-order valence-electron chi connectivity index (χ2n) is 5.33. The van der Waals surface area contributed by atoms with Crippen molar-refractivity contribution in [3.63, 3.8) is 0 Å². The van der Waals surface area contributed by atoms with Crippen molar-refractivity contribution >= 4 is 28.6 Å². The quantitative estimate of drug-likeness (QED) is 0.935. The van der Waals surface area contributed by atoms with Crippen LogP contribution >= 0.6 is 11.3 Å². The molecule has 0 bridgehead atoms. The second kappa shape index (κ2) is 5.85. The van der Waals surface area contributed by atoms with E-state index in [4.69, 9.17) is 0 Å². The van der Waals surface area contributed by atoms with Gasteiger partial charge in [0.2, 0.25) is 5.91 Å². The fraction of sp³-hybridized carbons (Fsp3) is 0.375. The van der Waals surface area contributed by atoms with Crippen LogP contribution in [0.1, 0.15) is 36.4 Å². The van der Waals surface area contributed by atoms with E-state index in [1.807, 2.05) is 41.6 Å². The van der Waals surface area contributed by atoms with Gasteiger partial charge in [0.05, 0.1) is 28.6 Å². The Morgan fingerprint density at radius 1 is 1.38 bits per heavy atom. The number of hydrogen-bond acceptors (Lipinski definition) is 4. The molecular weight excluding hydrogens is 282 g/mol. The Balaban J connectivity index is 1.86. The average molecular weight is 301 g/mol. The molecule has 1 aromatic heterocycles. The maximum Gasteiger partial charge on any atom is 0.227 e. The molecule has 1 aliphatic heterocycles. The van der Waals surface area contributed by atoms with E-state index in [1.54, 1.807) is 11.3 Å². The van der Waals surface area contributed by atoms with Crippen molar-refractivity contribution in [3.05, 3.63) is 40.3 Å². The Hall–Kier alpha value is -1.88. The minimum Gasteiger partial charge on any atom is -0.376 e. The van der Waals surface area contributed by atoms with Crippen molar-refractivity contribution in [2.75, 3.05) is 16.8 Å². The van der Waals surface area contributed by atoms with Crippen LogP contribution in [0.2, 0.25) is 0 Å². The lowest BCUT2D eigenvalue weighted by Gasteiger charge is -2.23. The molecule has 1 fully saturated rings. The molecular formula is C16H19N3OS. The van der Waals surface area contributed by atoms with Crippen molar-refractivity contribution in [2.24, 2.45) is 0 Å². The van der Waals surface area contributed by atoms with E-state index in [0.717, 1.165) is 30.0 Å². The van der Waals surface area contributed by atoms with Gasteiger partial charge in [-0.2, -0.15) is 0 Å². The minimum absolute atomic E-state index is 0.177. The van der Waals surface area contributed by atoms with Gasteiger partial charge < -0.3 is 10.2 Å². The number of thiazole rings is 1. The maximum absolute atomic E-state index is 12.0. The third-order valence-electron chi connectivity index (χ3n) is 3.82. The van der Waals surface area contributed by atoms with Crippen molar-refractivity contribution in [2.45, 2.75) is 32.7 Å². The first-order valence-electron chi connectivity index (χ1n) is 7.22. The third kappa shape index (κ3) is 2.78. The van der Waals surface area contributed by atoms with Gasteiger partial charge in [-0.3, -0.25) is 4.79 Å². The van der Waals surface area contributed by atoms with E-state index in [2.05, 4.69) is 17.2 Å². The number of nitrogens with zero attached hydrogens (tertiary/aromatic N) is 2. The number of anilines is 2. The summed E-state index contributed by atoms with van der Waals surface area (Å²) in [5, 5.41) is 3.53. The largest absolute Gasteiger partial charge is 0.376 e. The topological polar surface area (TPSA) is 45.2 Å². The molecule has 3 rings (SSSR count). The van der Waals surface area contributed by atoms with Crippen LogP contribution in [-0.4, -0.2) is 17.4 Å². The van der Waals surface area contributed by atoms with Crippen LogP contribution in [0.5, 0.6) is 0 Å². The van der Waals surface area contributed by atoms with Gasteiger partial charge in [0, 0.05) is 17.8 Å². The van der Waals surface area contributed by atoms with E-state index in [1.165, 1.54) is 4.88 Å². The number of aryl methyl sites for hydroxylation is 1. The molecule has 0 spiro atoms. The fourth-order valence-corrected chi connectivity index (χ4v) is 3.57. The van der Waals surface area contributed by atoms with Gasteiger partial charge in [-0.15, -0.1) is 11.3 Å². The van der Waals surface area contributed by atoms with E-state index in [0.29, 0.717) is 6.42 Å². The summed E-state index contributed by atoms with van der Waals surface area (Å²) in [5.41, 5.74) is 4.93. The van der Waals surface area contributed by atoms with Crippen molar-refractivity contribution in [1.29, 1.82) is 0 Å². The molecule has 1 aromatic carbocycles. The summed E-state index contributed by atoms with van der Waals surface area (Å²) >= 11 is 1.66. The van der Waals surface area contributed by atoms with E-state index >= 15 is 0 Å². The lowest BCUT2D eigenvalue weighted by molar-refractivity contribution is -0.117. The highest BCUT2D eigenvalue weighted by Gasteiger charge is 2.24. The smallest absolute Gasteiger partial charge is 0.227 e. The molecule has 110 valence electrons. The number of benzene rings is 1. The molecule has 0 aliphatic carbocycles. The van der Waals surface area contributed by atoms with Crippen LogP contribution in [0.3, 0.4) is 0 Å². The number of aromatic nitrogens is 1. The zero-order chi connectivity index (χ0) is 14.8. The first-order valence-corrected chi connectivity index (χ1v) is 8.10. The van der Waals surface area contributed by atoms with Gasteiger partial charge in [0.15, 0.2) is 0 Å². The van der Waals surface area contributed by atoms with Gasteiger partial charge in [-0.25, -0.2) is 4.98 Å². The molecule has 1 unspecified atom stereocenters. The predicted molar refractivity (Wildman–Crippen MR) is 86.9 cm³/mol. The van der Waals surface area contributed by atoms with E-state index in [9.17, 15) is 4.79 Å². The lowest BCUT2D eigenvalue weighted by Crippen LogP contribution is -2.25. The number of para-hydroxylation sites is 2. The molecule has 1 atom stereocenters. The SMILES string of the molecule is Cc1ncsc1C(C)Nc1ccccc1N1CCCC1=O. The lowest BCUT2D eigenvalue weighted by atomic mass is 10.2. The molecule has 0 saturated carbocycles. The molecule has 1 aliphatic rings. The molecule has 1 amide bonds. The number of amides is 1. The van der Waals surface area contributed by atoms with Gasteiger partial charge in [-0.05, 0) is 32.4 Å². The Kier molecular flexibility index (Phi) is 3.92. The number of nitrogens with one attached hydrogen (secondary N) is 1. The first-order chi connectivity index (χ1) is 10.2. The van der Waals surface area contributed by atoms with Crippen molar-refractivity contribution in [3.8, 4) is 0 Å². The van der Waals surface area contributed by atoms with Crippen LogP contribution in [0.25, 0.3) is 0 Å². The van der Waals surface area contributed by atoms with Crippen LogP contribution < -0.4 is 10.2 Å². The van der Waals surface area contributed by atoms with Gasteiger partial charge in [0.25, 0.3) is 0 Å². The van der Waals surface area contributed by atoms with Gasteiger partial charge in [-0.1, -0.05) is 12.1 Å². The maximum atomic E-state index is 12.0. The normalized spacial score (nSPS) is 16.3. The number of carbonyl (C=O) groups is 1. The number of rotatable bonds is 4. The Labute approximate surface area is 128 Å². The molecule has 21 heavy (non-hydrogen) atoms. The Morgan fingerprint density at radius 2 is 2.19 bits per heavy atom. The molecule has 1 N–H and O–H groups in total. The second-order valence-corrected chi connectivity index (χ2v) is 6.22. The highest BCUT2D eigenvalue weighted by atomic mass is 32.1. The summed E-state index contributed by atoms with van der Waals surface area (Å²) in [5.74, 6) is 0.214. The summed E-state index contributed by atoms with van der Waals surface area (Å²) in [7, 11) is 0. The van der Waals surface area contributed by atoms with Crippen LogP contribution in [0.4, 0.5) is 11.4 Å². The third-order valence-corrected chi connectivity index (χ3v) is 4.93. The molecule has 0 radical (unpaired) electrons. The summed E-state index contributed by atoms with van der Waals surface area (Å²) in [6, 6.07) is 8.20. The van der Waals surface area contributed by atoms with Crippen LogP contribution in [0.15, 0.2) is 29.8 Å². The summed E-state index contributed by atoms with van der Waals surface area (Å²) in [6.07, 6.45) is 1.59. The monoisotopic (exact) mass is 301 g/mol. The highest BCUT2D eigenvalue weighted by molar-refractivity contribution is 7.09. The summed E-state index contributed by atoms with van der Waals surface area (Å²) < 4.78 is 0. The van der Waals surface area contributed by atoms with Gasteiger partial charge >= 0.3 is 0 Å². The number of hydrogen-bond donors (Lipinski definition) is 1. The summed E-state index contributed by atoms with van der Waals surface area (Å²) in [4.78, 5) is 19.4. The summed E-state index contributed by atoms with van der Waals surface area (Å²) in [6.45, 7) is 4.97. The molecule has 2 heterocycles. The minimum atomic E-state index is 0.177. The average Bonchev–Trinajstić information content (AvgIpc) is 3.08. The van der Waals surface area contributed by atoms with Crippen molar-refractivity contribution in [1.82, 2.24) is 4.98 Å². The van der Waals surface area contributed by atoms with E-state index < -0.39 is 0 Å². The standard InChI is InChI=1S/C16H19N3OS/c1-11-16(21-10-17-11)12(2)18-13-6-3-4-7-14(13)19-9-5-8-15(19)20/h3-4,6-7,10,12,18H,5,8-9H2,1-2H3. The van der Waals surface area contributed by atoms with Crippen LogP contribution in [-0.2, 0) is 4.79 Å². The van der Waals surface area contributed by atoms with Crippen molar-refractivity contribution < 1.29 is 4.79 Å². The predicted octanol–water partition coefficient (Wildman–Crippen LogP) is 3.75. The highest BCUT2D eigenvalue weighted by Crippen LogP contribution is 2.33. The van der Waals surface area contributed by atoms with Gasteiger partial charge in [0.1, 0.15) is 0 Å². The zero-order valence-corrected chi connectivity index (χ0v) is 13.1. The molecule has 2 aromatic rings. The Bertz CT molecular complexity index is 652.